The summed E-state index contributed by atoms with van der Waals surface area (Å²) < 4.78 is 10.4. The highest BCUT2D eigenvalue weighted by atomic mass is 35.5. The van der Waals surface area contributed by atoms with E-state index in [9.17, 15) is 9.59 Å². The first-order chi connectivity index (χ1) is 12.3. The van der Waals surface area contributed by atoms with Gasteiger partial charge in [-0.25, -0.2) is 0 Å². The van der Waals surface area contributed by atoms with Gasteiger partial charge in [-0.15, -0.1) is 0 Å². The lowest BCUT2D eigenvalue weighted by atomic mass is 9.99. The van der Waals surface area contributed by atoms with Crippen LogP contribution < -0.4 is 14.8 Å². The largest absolute Gasteiger partial charge is 0.495 e. The lowest BCUT2D eigenvalue weighted by Crippen LogP contribution is -2.14. The third-order valence-electron chi connectivity index (χ3n) is 4.02. The van der Waals surface area contributed by atoms with Crippen LogP contribution in [0.2, 0.25) is 5.02 Å². The number of ketones is 1. The van der Waals surface area contributed by atoms with Gasteiger partial charge < -0.3 is 14.8 Å². The number of hydrogen-bond acceptors (Lipinski definition) is 4. The summed E-state index contributed by atoms with van der Waals surface area (Å²) in [6, 6.07) is 8.87. The predicted molar refractivity (Wildman–Crippen MR) is 103 cm³/mol. The molecule has 0 bridgehead atoms. The molecule has 0 heterocycles. The van der Waals surface area contributed by atoms with Crippen LogP contribution in [0.15, 0.2) is 30.3 Å². The van der Waals surface area contributed by atoms with Crippen LogP contribution in [0.1, 0.15) is 34.3 Å². The Labute approximate surface area is 158 Å². The number of Topliss-reactive ketones (excluding diaryl/α,β-unsaturated/α-hetero) is 1. The van der Waals surface area contributed by atoms with Gasteiger partial charge in [0, 0.05) is 24.5 Å². The molecule has 5 nitrogen and oxygen atoms in total. The number of anilines is 1. The summed E-state index contributed by atoms with van der Waals surface area (Å²) in [7, 11) is 2.99. The second-order valence-corrected chi connectivity index (χ2v) is 6.38. The number of rotatable bonds is 7. The van der Waals surface area contributed by atoms with Gasteiger partial charge in [-0.05, 0) is 31.5 Å². The average molecular weight is 376 g/mol. The normalized spacial score (nSPS) is 10.3. The number of benzene rings is 2. The van der Waals surface area contributed by atoms with Crippen LogP contribution in [0.4, 0.5) is 5.69 Å². The van der Waals surface area contributed by atoms with Crippen molar-refractivity contribution in [3.05, 3.63) is 52.0 Å². The zero-order valence-corrected chi connectivity index (χ0v) is 16.1. The van der Waals surface area contributed by atoms with E-state index < -0.39 is 0 Å². The topological polar surface area (TPSA) is 64.6 Å². The molecule has 1 N–H and O–H groups in total. The van der Waals surface area contributed by atoms with E-state index >= 15 is 0 Å². The fourth-order valence-electron chi connectivity index (χ4n) is 2.57. The summed E-state index contributed by atoms with van der Waals surface area (Å²) in [5.41, 5.74) is 3.01. The molecule has 0 radical (unpaired) electrons. The van der Waals surface area contributed by atoms with E-state index in [1.165, 1.54) is 14.2 Å². The second kappa shape index (κ2) is 8.72. The van der Waals surface area contributed by atoms with Crippen molar-refractivity contribution in [2.24, 2.45) is 0 Å². The summed E-state index contributed by atoms with van der Waals surface area (Å²) in [5.74, 6) is 0.538. The van der Waals surface area contributed by atoms with Crippen LogP contribution >= 0.6 is 11.6 Å². The van der Waals surface area contributed by atoms with E-state index in [0.717, 1.165) is 11.1 Å². The van der Waals surface area contributed by atoms with E-state index in [1.54, 1.807) is 12.1 Å². The first kappa shape index (κ1) is 19.8. The van der Waals surface area contributed by atoms with Crippen LogP contribution in [0.25, 0.3) is 0 Å². The molecule has 0 spiro atoms. The van der Waals surface area contributed by atoms with E-state index in [-0.39, 0.29) is 24.5 Å². The number of carbonyl (C=O) groups excluding carboxylic acids is 2. The van der Waals surface area contributed by atoms with E-state index in [4.69, 9.17) is 21.1 Å². The number of nitrogens with one attached hydrogen (secondary N) is 1. The van der Waals surface area contributed by atoms with Crippen LogP contribution in [0, 0.1) is 13.8 Å². The zero-order chi connectivity index (χ0) is 19.3. The molecule has 6 heteroatoms. The molecule has 138 valence electrons. The minimum Gasteiger partial charge on any atom is -0.495 e. The summed E-state index contributed by atoms with van der Waals surface area (Å²) in [4.78, 5) is 24.6. The maximum atomic E-state index is 12.4. The molecule has 0 aliphatic heterocycles. The highest BCUT2D eigenvalue weighted by Crippen LogP contribution is 2.35. The van der Waals surface area contributed by atoms with Crippen molar-refractivity contribution in [1.82, 2.24) is 0 Å². The molecule has 0 atom stereocenters. The molecule has 26 heavy (non-hydrogen) atoms. The zero-order valence-electron chi connectivity index (χ0n) is 15.3. The Balaban J connectivity index is 2.04. The van der Waals surface area contributed by atoms with Gasteiger partial charge in [0.1, 0.15) is 11.5 Å². The highest BCUT2D eigenvalue weighted by molar-refractivity contribution is 6.32. The number of hydrogen-bond donors (Lipinski definition) is 1. The van der Waals surface area contributed by atoms with Gasteiger partial charge >= 0.3 is 0 Å². The Bertz CT molecular complexity index is 833. The molecule has 0 aliphatic carbocycles. The molecule has 2 rings (SSSR count). The Morgan fingerprint density at radius 2 is 1.69 bits per heavy atom. The Kier molecular flexibility index (Phi) is 6.64. The summed E-state index contributed by atoms with van der Waals surface area (Å²) in [5, 5.41) is 3.09. The fourth-order valence-corrected chi connectivity index (χ4v) is 2.81. The first-order valence-electron chi connectivity index (χ1n) is 8.17. The minimum absolute atomic E-state index is 0.0546. The van der Waals surface area contributed by atoms with Gasteiger partial charge in [0.25, 0.3) is 0 Å². The maximum Gasteiger partial charge on any atom is 0.224 e. The Hall–Kier alpha value is -2.53. The van der Waals surface area contributed by atoms with Crippen molar-refractivity contribution < 1.29 is 19.1 Å². The van der Waals surface area contributed by atoms with Crippen molar-refractivity contribution in [3.8, 4) is 11.5 Å². The summed E-state index contributed by atoms with van der Waals surface area (Å²) in [6.45, 7) is 3.82. The fraction of sp³-hybridized carbons (Fsp3) is 0.300. The molecule has 0 aromatic heterocycles. The third-order valence-corrected chi connectivity index (χ3v) is 4.32. The lowest BCUT2D eigenvalue weighted by Gasteiger charge is -2.13. The number of carbonyl (C=O) groups is 2. The van der Waals surface area contributed by atoms with Crippen molar-refractivity contribution in [3.63, 3.8) is 0 Å². The number of ether oxygens (including phenoxy) is 2. The smallest absolute Gasteiger partial charge is 0.224 e. The molecule has 2 aromatic rings. The number of aryl methyl sites for hydroxylation is 2. The average Bonchev–Trinajstić information content (AvgIpc) is 2.62. The third kappa shape index (κ3) is 4.76. The number of halogens is 1. The van der Waals surface area contributed by atoms with Gasteiger partial charge in [0.15, 0.2) is 5.78 Å². The lowest BCUT2D eigenvalue weighted by molar-refractivity contribution is -0.116. The van der Waals surface area contributed by atoms with Crippen molar-refractivity contribution in [2.75, 3.05) is 19.5 Å². The van der Waals surface area contributed by atoms with Gasteiger partial charge in [0.05, 0.1) is 24.9 Å². The van der Waals surface area contributed by atoms with Gasteiger partial charge in [-0.2, -0.15) is 0 Å². The van der Waals surface area contributed by atoms with Crippen LogP contribution in [0.3, 0.4) is 0 Å². The Morgan fingerprint density at radius 3 is 2.35 bits per heavy atom. The SMILES string of the molecule is COc1cc(OC)c(NC(=O)CCC(=O)c2cc(C)ccc2C)cc1Cl. The molecular weight excluding hydrogens is 354 g/mol. The monoisotopic (exact) mass is 375 g/mol. The maximum absolute atomic E-state index is 12.4. The van der Waals surface area contributed by atoms with Crippen LogP contribution in [-0.2, 0) is 4.79 Å². The molecule has 0 saturated heterocycles. The van der Waals surface area contributed by atoms with Crippen molar-refractivity contribution >= 4 is 29.0 Å². The molecule has 1 amide bonds. The second-order valence-electron chi connectivity index (χ2n) is 5.98. The molecule has 0 fully saturated rings. The van der Waals surface area contributed by atoms with Crippen molar-refractivity contribution in [1.29, 1.82) is 0 Å². The first-order valence-corrected chi connectivity index (χ1v) is 8.55. The summed E-state index contributed by atoms with van der Waals surface area (Å²) in [6.07, 6.45) is 0.196. The van der Waals surface area contributed by atoms with Crippen LogP contribution in [-0.4, -0.2) is 25.9 Å². The molecule has 2 aromatic carbocycles. The summed E-state index contributed by atoms with van der Waals surface area (Å²) >= 11 is 6.10. The Morgan fingerprint density at radius 1 is 1.00 bits per heavy atom. The number of amides is 1. The van der Waals surface area contributed by atoms with Gasteiger partial charge in [-0.1, -0.05) is 29.3 Å². The van der Waals surface area contributed by atoms with Gasteiger partial charge in [-0.3, -0.25) is 9.59 Å². The van der Waals surface area contributed by atoms with E-state index in [1.807, 2.05) is 32.0 Å². The number of methoxy groups -OCH3 is 2. The highest BCUT2D eigenvalue weighted by Gasteiger charge is 2.15. The quantitative estimate of drug-likeness (QED) is 0.719. The molecular formula is C20H22ClNO4. The predicted octanol–water partition coefficient (Wildman–Crippen LogP) is 4.58. The van der Waals surface area contributed by atoms with Crippen LogP contribution in [0.5, 0.6) is 11.5 Å². The van der Waals surface area contributed by atoms with E-state index in [2.05, 4.69) is 5.32 Å². The molecule has 0 unspecified atom stereocenters. The molecule has 0 aliphatic rings. The molecule has 0 saturated carbocycles. The standard InChI is InChI=1S/C20H22ClNO4/c1-12-5-6-13(2)14(9-12)17(23)7-8-20(24)22-16-10-15(21)18(25-3)11-19(16)26-4/h5-6,9-11H,7-8H2,1-4H3,(H,22,24). The van der Waals surface area contributed by atoms with E-state index in [0.29, 0.717) is 27.8 Å². The van der Waals surface area contributed by atoms with Crippen molar-refractivity contribution in [2.45, 2.75) is 26.7 Å². The minimum atomic E-state index is -0.289. The van der Waals surface area contributed by atoms with Gasteiger partial charge in [0.2, 0.25) is 5.91 Å².